The lowest BCUT2D eigenvalue weighted by Crippen LogP contribution is -2.48. The summed E-state index contributed by atoms with van der Waals surface area (Å²) in [6.45, 7) is 4.93. The summed E-state index contributed by atoms with van der Waals surface area (Å²) in [5.41, 5.74) is 0.947. The summed E-state index contributed by atoms with van der Waals surface area (Å²) >= 11 is 0. The highest BCUT2D eigenvalue weighted by Gasteiger charge is 2.20. The predicted molar refractivity (Wildman–Crippen MR) is 74.9 cm³/mol. The number of carbonyl (C=O) groups is 2. The molecule has 1 aromatic rings. The highest BCUT2D eigenvalue weighted by atomic mass is 16.4. The predicted octanol–water partition coefficient (Wildman–Crippen LogP) is 1.23. The second kappa shape index (κ2) is 6.36. The van der Waals surface area contributed by atoms with E-state index in [4.69, 9.17) is 5.11 Å². The maximum atomic E-state index is 11.8. The number of rotatable bonds is 4. The van der Waals surface area contributed by atoms with Gasteiger partial charge in [0, 0.05) is 32.6 Å². The van der Waals surface area contributed by atoms with Crippen molar-refractivity contribution in [2.75, 3.05) is 31.1 Å². The van der Waals surface area contributed by atoms with Crippen molar-refractivity contribution in [3.63, 3.8) is 0 Å². The number of anilines is 1. The van der Waals surface area contributed by atoms with Gasteiger partial charge in [0.05, 0.1) is 11.9 Å². The van der Waals surface area contributed by atoms with Crippen molar-refractivity contribution in [1.29, 1.82) is 0 Å². The third-order valence-corrected chi connectivity index (χ3v) is 3.43. The number of aromatic nitrogens is 1. The summed E-state index contributed by atoms with van der Waals surface area (Å²) in [6.07, 6.45) is 3.06. The minimum atomic E-state index is -1.02. The molecule has 0 bridgehead atoms. The Morgan fingerprint density at radius 3 is 2.45 bits per heavy atom. The average Bonchev–Trinajstić information content (AvgIpc) is 2.48. The van der Waals surface area contributed by atoms with Crippen molar-refractivity contribution in [2.24, 2.45) is 0 Å². The van der Waals surface area contributed by atoms with Crippen LogP contribution in [-0.4, -0.2) is 53.0 Å². The van der Waals surface area contributed by atoms with Gasteiger partial charge in [-0.15, -0.1) is 0 Å². The lowest BCUT2D eigenvalue weighted by molar-refractivity contribution is -0.131. The number of hydrogen-bond acceptors (Lipinski definition) is 4. The van der Waals surface area contributed by atoms with Crippen LogP contribution >= 0.6 is 0 Å². The van der Waals surface area contributed by atoms with E-state index in [1.54, 1.807) is 12.3 Å². The molecule has 1 amide bonds. The maximum absolute atomic E-state index is 11.8. The molecule has 1 fully saturated rings. The van der Waals surface area contributed by atoms with Crippen molar-refractivity contribution in [3.8, 4) is 0 Å². The van der Waals surface area contributed by atoms with E-state index in [1.165, 1.54) is 6.07 Å². The van der Waals surface area contributed by atoms with Crippen LogP contribution in [-0.2, 0) is 4.79 Å². The zero-order chi connectivity index (χ0) is 14.5. The van der Waals surface area contributed by atoms with Gasteiger partial charge in [0.15, 0.2) is 0 Å². The SMILES string of the molecule is CCCC(=O)N1CCN(c2ccc(C(=O)O)nc2)CC1. The van der Waals surface area contributed by atoms with Crippen molar-refractivity contribution in [3.05, 3.63) is 24.0 Å². The van der Waals surface area contributed by atoms with Gasteiger partial charge >= 0.3 is 5.97 Å². The summed E-state index contributed by atoms with van der Waals surface area (Å²) in [4.78, 5) is 30.5. The van der Waals surface area contributed by atoms with Crippen LogP contribution < -0.4 is 4.90 Å². The molecule has 0 radical (unpaired) electrons. The smallest absolute Gasteiger partial charge is 0.354 e. The second-order valence-corrected chi connectivity index (χ2v) is 4.82. The molecule has 1 N–H and O–H groups in total. The molecular formula is C14H19N3O3. The molecule has 0 unspecified atom stereocenters. The van der Waals surface area contributed by atoms with E-state index < -0.39 is 5.97 Å². The summed E-state index contributed by atoms with van der Waals surface area (Å²) < 4.78 is 0. The van der Waals surface area contributed by atoms with Crippen LogP contribution in [0.1, 0.15) is 30.3 Å². The number of carboxylic acids is 1. The van der Waals surface area contributed by atoms with E-state index in [0.717, 1.165) is 25.2 Å². The van der Waals surface area contributed by atoms with Gasteiger partial charge < -0.3 is 14.9 Å². The first-order valence-electron chi connectivity index (χ1n) is 6.84. The van der Waals surface area contributed by atoms with Gasteiger partial charge in [0.2, 0.25) is 5.91 Å². The molecule has 0 saturated carbocycles. The summed E-state index contributed by atoms with van der Waals surface area (Å²) in [5, 5.41) is 8.81. The van der Waals surface area contributed by atoms with Crippen molar-refractivity contribution < 1.29 is 14.7 Å². The van der Waals surface area contributed by atoms with Crippen LogP contribution in [0.15, 0.2) is 18.3 Å². The van der Waals surface area contributed by atoms with E-state index in [2.05, 4.69) is 9.88 Å². The van der Waals surface area contributed by atoms with Gasteiger partial charge in [-0.25, -0.2) is 9.78 Å². The molecule has 1 aliphatic rings. The standard InChI is InChI=1S/C14H19N3O3/c1-2-3-13(18)17-8-6-16(7-9-17)11-4-5-12(14(19)20)15-10-11/h4-5,10H,2-3,6-9H2,1H3,(H,19,20). The highest BCUT2D eigenvalue weighted by molar-refractivity contribution is 5.85. The molecule has 20 heavy (non-hydrogen) atoms. The fourth-order valence-electron chi connectivity index (χ4n) is 2.29. The van der Waals surface area contributed by atoms with Crippen molar-refractivity contribution in [2.45, 2.75) is 19.8 Å². The van der Waals surface area contributed by atoms with Crippen LogP contribution in [0.4, 0.5) is 5.69 Å². The molecule has 0 spiro atoms. The van der Waals surface area contributed by atoms with Crippen LogP contribution in [0.5, 0.6) is 0 Å². The molecule has 0 aromatic carbocycles. The Hall–Kier alpha value is -2.11. The number of nitrogens with zero attached hydrogens (tertiary/aromatic N) is 3. The fraction of sp³-hybridized carbons (Fsp3) is 0.500. The maximum Gasteiger partial charge on any atom is 0.354 e. The van der Waals surface area contributed by atoms with Gasteiger partial charge in [-0.1, -0.05) is 6.92 Å². The molecule has 0 aliphatic carbocycles. The minimum Gasteiger partial charge on any atom is -0.477 e. The first-order chi connectivity index (χ1) is 9.61. The normalized spacial score (nSPS) is 15.2. The third kappa shape index (κ3) is 3.26. The Morgan fingerprint density at radius 2 is 1.95 bits per heavy atom. The largest absolute Gasteiger partial charge is 0.477 e. The van der Waals surface area contributed by atoms with Gasteiger partial charge in [0.1, 0.15) is 5.69 Å². The quantitative estimate of drug-likeness (QED) is 0.896. The number of carboxylic acid groups (broad SMARTS) is 1. The Balaban J connectivity index is 1.93. The zero-order valence-electron chi connectivity index (χ0n) is 11.6. The van der Waals surface area contributed by atoms with Crippen LogP contribution in [0.25, 0.3) is 0 Å². The minimum absolute atomic E-state index is 0.0468. The summed E-state index contributed by atoms with van der Waals surface area (Å²) in [5.74, 6) is -0.807. The highest BCUT2D eigenvalue weighted by Crippen LogP contribution is 2.16. The van der Waals surface area contributed by atoms with Gasteiger partial charge in [-0.05, 0) is 18.6 Å². The summed E-state index contributed by atoms with van der Waals surface area (Å²) in [6, 6.07) is 3.27. The van der Waals surface area contributed by atoms with Gasteiger partial charge in [0.25, 0.3) is 0 Å². The number of hydrogen-bond donors (Lipinski definition) is 1. The first-order valence-corrected chi connectivity index (χ1v) is 6.84. The molecule has 2 heterocycles. The Bertz CT molecular complexity index is 479. The topological polar surface area (TPSA) is 73.7 Å². The van der Waals surface area contributed by atoms with Gasteiger partial charge in [-0.2, -0.15) is 0 Å². The van der Waals surface area contributed by atoms with Crippen LogP contribution in [0.2, 0.25) is 0 Å². The van der Waals surface area contributed by atoms with Crippen LogP contribution in [0.3, 0.4) is 0 Å². The number of carbonyl (C=O) groups excluding carboxylic acids is 1. The molecule has 6 heteroatoms. The van der Waals surface area contributed by atoms with E-state index in [1.807, 2.05) is 11.8 Å². The number of aromatic carboxylic acids is 1. The Morgan fingerprint density at radius 1 is 1.25 bits per heavy atom. The average molecular weight is 277 g/mol. The number of amides is 1. The zero-order valence-corrected chi connectivity index (χ0v) is 11.6. The molecule has 2 rings (SSSR count). The third-order valence-electron chi connectivity index (χ3n) is 3.43. The van der Waals surface area contributed by atoms with E-state index in [-0.39, 0.29) is 11.6 Å². The fourth-order valence-corrected chi connectivity index (χ4v) is 2.29. The molecule has 1 aliphatic heterocycles. The lowest BCUT2D eigenvalue weighted by atomic mass is 10.2. The Kier molecular flexibility index (Phi) is 4.55. The molecular weight excluding hydrogens is 258 g/mol. The molecule has 1 aromatic heterocycles. The van der Waals surface area contributed by atoms with Crippen molar-refractivity contribution >= 4 is 17.6 Å². The van der Waals surface area contributed by atoms with E-state index in [9.17, 15) is 9.59 Å². The number of pyridine rings is 1. The van der Waals surface area contributed by atoms with Crippen molar-refractivity contribution in [1.82, 2.24) is 9.88 Å². The first kappa shape index (κ1) is 14.3. The molecule has 108 valence electrons. The Labute approximate surface area is 118 Å². The monoisotopic (exact) mass is 277 g/mol. The van der Waals surface area contributed by atoms with E-state index >= 15 is 0 Å². The molecule has 6 nitrogen and oxygen atoms in total. The van der Waals surface area contributed by atoms with E-state index in [0.29, 0.717) is 19.5 Å². The lowest BCUT2D eigenvalue weighted by Gasteiger charge is -2.36. The van der Waals surface area contributed by atoms with Gasteiger partial charge in [-0.3, -0.25) is 4.79 Å². The molecule has 0 atom stereocenters. The number of piperazine rings is 1. The molecule has 1 saturated heterocycles. The summed E-state index contributed by atoms with van der Waals surface area (Å²) in [7, 11) is 0. The second-order valence-electron chi connectivity index (χ2n) is 4.82. The van der Waals surface area contributed by atoms with Crippen LogP contribution in [0, 0.1) is 0 Å².